The second kappa shape index (κ2) is 8.48. The quantitative estimate of drug-likeness (QED) is 0.539. The summed E-state index contributed by atoms with van der Waals surface area (Å²) in [4.78, 5) is 14.9. The SMILES string of the molecule is CN(C)c1ccc(C[C@@H](CC(=O)c2ccccc2)c2ccccc2)cc1. The Morgan fingerprint density at radius 2 is 1.38 bits per heavy atom. The van der Waals surface area contributed by atoms with E-state index in [1.54, 1.807) is 0 Å². The van der Waals surface area contributed by atoms with Gasteiger partial charge in [0.15, 0.2) is 5.78 Å². The third-order valence-corrected chi connectivity index (χ3v) is 4.73. The van der Waals surface area contributed by atoms with Gasteiger partial charge < -0.3 is 4.90 Å². The zero-order chi connectivity index (χ0) is 18.4. The maximum Gasteiger partial charge on any atom is 0.163 e. The summed E-state index contributed by atoms with van der Waals surface area (Å²) >= 11 is 0. The highest BCUT2D eigenvalue weighted by Gasteiger charge is 2.18. The van der Waals surface area contributed by atoms with Gasteiger partial charge >= 0.3 is 0 Å². The number of nitrogens with zero attached hydrogens (tertiary/aromatic N) is 1. The van der Waals surface area contributed by atoms with Gasteiger partial charge in [-0.1, -0.05) is 72.8 Å². The van der Waals surface area contributed by atoms with Crippen molar-refractivity contribution in [1.29, 1.82) is 0 Å². The Morgan fingerprint density at radius 1 is 0.808 bits per heavy atom. The van der Waals surface area contributed by atoms with Crippen LogP contribution in [0.2, 0.25) is 0 Å². The van der Waals surface area contributed by atoms with E-state index in [1.165, 1.54) is 16.8 Å². The van der Waals surface area contributed by atoms with Crippen LogP contribution in [0.3, 0.4) is 0 Å². The largest absolute Gasteiger partial charge is 0.378 e. The summed E-state index contributed by atoms with van der Waals surface area (Å²) in [6.07, 6.45) is 1.37. The molecule has 26 heavy (non-hydrogen) atoms. The van der Waals surface area contributed by atoms with Crippen molar-refractivity contribution < 1.29 is 4.79 Å². The van der Waals surface area contributed by atoms with E-state index >= 15 is 0 Å². The van der Waals surface area contributed by atoms with Gasteiger partial charge in [-0.3, -0.25) is 4.79 Å². The minimum Gasteiger partial charge on any atom is -0.378 e. The van der Waals surface area contributed by atoms with Gasteiger partial charge in [-0.05, 0) is 35.6 Å². The number of hydrogen-bond acceptors (Lipinski definition) is 2. The molecule has 0 saturated carbocycles. The molecule has 0 unspecified atom stereocenters. The Labute approximate surface area is 156 Å². The van der Waals surface area contributed by atoms with Crippen molar-refractivity contribution in [2.24, 2.45) is 0 Å². The Bertz CT molecular complexity index is 823. The predicted molar refractivity (Wildman–Crippen MR) is 109 cm³/mol. The van der Waals surface area contributed by atoms with Gasteiger partial charge in [0.1, 0.15) is 0 Å². The first-order valence-electron chi connectivity index (χ1n) is 9.03. The molecule has 0 bridgehead atoms. The highest BCUT2D eigenvalue weighted by Crippen LogP contribution is 2.27. The smallest absolute Gasteiger partial charge is 0.163 e. The Hall–Kier alpha value is -2.87. The predicted octanol–water partition coefficient (Wildman–Crippen LogP) is 5.35. The lowest BCUT2D eigenvalue weighted by Gasteiger charge is -2.18. The van der Waals surface area contributed by atoms with Crippen molar-refractivity contribution in [2.75, 3.05) is 19.0 Å². The van der Waals surface area contributed by atoms with E-state index in [0.29, 0.717) is 6.42 Å². The molecular formula is C24H25NO. The first kappa shape index (κ1) is 17.9. The molecule has 0 aliphatic heterocycles. The van der Waals surface area contributed by atoms with Gasteiger partial charge in [-0.25, -0.2) is 0 Å². The lowest BCUT2D eigenvalue weighted by atomic mass is 9.86. The van der Waals surface area contributed by atoms with E-state index in [4.69, 9.17) is 0 Å². The standard InChI is InChI=1S/C24H25NO/c1-25(2)23-15-13-19(14-16-23)17-22(20-9-5-3-6-10-20)18-24(26)21-11-7-4-8-12-21/h3-16,22H,17-18H2,1-2H3/t22-/m0/s1. The molecule has 2 nitrogen and oxygen atoms in total. The fourth-order valence-electron chi connectivity index (χ4n) is 3.21. The van der Waals surface area contributed by atoms with Crippen molar-refractivity contribution in [1.82, 2.24) is 0 Å². The van der Waals surface area contributed by atoms with Gasteiger partial charge in [0.05, 0.1) is 0 Å². The molecule has 0 amide bonds. The van der Waals surface area contributed by atoms with Crippen LogP contribution in [0.25, 0.3) is 0 Å². The molecule has 132 valence electrons. The summed E-state index contributed by atoms with van der Waals surface area (Å²) in [6.45, 7) is 0. The van der Waals surface area contributed by atoms with E-state index in [0.717, 1.165) is 12.0 Å². The van der Waals surface area contributed by atoms with Gasteiger partial charge in [0.2, 0.25) is 0 Å². The molecule has 0 fully saturated rings. The second-order valence-corrected chi connectivity index (χ2v) is 6.87. The van der Waals surface area contributed by atoms with Crippen LogP contribution in [0.15, 0.2) is 84.9 Å². The number of hydrogen-bond donors (Lipinski definition) is 0. The highest BCUT2D eigenvalue weighted by molar-refractivity contribution is 5.96. The summed E-state index contributed by atoms with van der Waals surface area (Å²) in [5.74, 6) is 0.374. The molecule has 0 heterocycles. The topological polar surface area (TPSA) is 20.3 Å². The molecule has 3 aromatic rings. The minimum atomic E-state index is 0.175. The maximum absolute atomic E-state index is 12.8. The molecule has 0 aliphatic rings. The average molecular weight is 343 g/mol. The van der Waals surface area contributed by atoms with Crippen LogP contribution in [-0.4, -0.2) is 19.9 Å². The van der Waals surface area contributed by atoms with E-state index < -0.39 is 0 Å². The molecule has 0 radical (unpaired) electrons. The number of carbonyl (C=O) groups excluding carboxylic acids is 1. The summed E-state index contributed by atoms with van der Waals surface area (Å²) in [5, 5.41) is 0. The van der Waals surface area contributed by atoms with E-state index in [1.807, 2.05) is 62.6 Å². The molecule has 3 rings (SSSR count). The Kier molecular flexibility index (Phi) is 5.85. The van der Waals surface area contributed by atoms with E-state index in [-0.39, 0.29) is 11.7 Å². The van der Waals surface area contributed by atoms with Gasteiger partial charge in [-0.15, -0.1) is 0 Å². The van der Waals surface area contributed by atoms with Crippen LogP contribution < -0.4 is 4.90 Å². The fourth-order valence-corrected chi connectivity index (χ4v) is 3.21. The molecule has 0 saturated heterocycles. The zero-order valence-corrected chi connectivity index (χ0v) is 15.4. The number of rotatable bonds is 7. The van der Waals surface area contributed by atoms with Gasteiger partial charge in [-0.2, -0.15) is 0 Å². The van der Waals surface area contributed by atoms with Crippen LogP contribution in [0.4, 0.5) is 5.69 Å². The van der Waals surface area contributed by atoms with Crippen molar-refractivity contribution >= 4 is 11.5 Å². The van der Waals surface area contributed by atoms with Crippen molar-refractivity contribution in [3.8, 4) is 0 Å². The molecule has 3 aromatic carbocycles. The Morgan fingerprint density at radius 3 is 1.96 bits per heavy atom. The first-order valence-corrected chi connectivity index (χ1v) is 9.03. The van der Waals surface area contributed by atoms with Crippen LogP contribution in [-0.2, 0) is 6.42 Å². The molecular weight excluding hydrogens is 318 g/mol. The lowest BCUT2D eigenvalue weighted by molar-refractivity contribution is 0.0973. The first-order chi connectivity index (χ1) is 12.6. The summed E-state index contributed by atoms with van der Waals surface area (Å²) in [6, 6.07) is 28.5. The molecule has 0 N–H and O–H groups in total. The number of anilines is 1. The molecule has 0 spiro atoms. The molecule has 1 atom stereocenters. The maximum atomic E-state index is 12.8. The number of carbonyl (C=O) groups is 1. The third-order valence-electron chi connectivity index (χ3n) is 4.73. The van der Waals surface area contributed by atoms with Gasteiger partial charge in [0.25, 0.3) is 0 Å². The van der Waals surface area contributed by atoms with Crippen LogP contribution in [0, 0.1) is 0 Å². The van der Waals surface area contributed by atoms with Gasteiger partial charge in [0, 0.05) is 31.8 Å². The summed E-state index contributed by atoms with van der Waals surface area (Å²) in [5.41, 5.74) is 4.44. The Balaban J connectivity index is 1.81. The monoisotopic (exact) mass is 343 g/mol. The van der Waals surface area contributed by atoms with Crippen molar-refractivity contribution in [2.45, 2.75) is 18.8 Å². The third kappa shape index (κ3) is 4.60. The molecule has 2 heteroatoms. The fraction of sp³-hybridized carbons (Fsp3) is 0.208. The highest BCUT2D eigenvalue weighted by atomic mass is 16.1. The lowest BCUT2D eigenvalue weighted by Crippen LogP contribution is -2.11. The molecule has 0 aliphatic carbocycles. The van der Waals surface area contributed by atoms with Crippen molar-refractivity contribution in [3.63, 3.8) is 0 Å². The average Bonchev–Trinajstić information content (AvgIpc) is 2.69. The van der Waals surface area contributed by atoms with E-state index in [9.17, 15) is 4.79 Å². The normalized spacial score (nSPS) is 11.8. The minimum absolute atomic E-state index is 0.175. The molecule has 0 aromatic heterocycles. The van der Waals surface area contributed by atoms with Crippen LogP contribution in [0.5, 0.6) is 0 Å². The zero-order valence-electron chi connectivity index (χ0n) is 15.4. The van der Waals surface area contributed by atoms with Crippen LogP contribution in [0.1, 0.15) is 33.8 Å². The number of benzene rings is 3. The summed E-state index contributed by atoms with van der Waals surface area (Å²) in [7, 11) is 4.08. The van der Waals surface area contributed by atoms with Crippen molar-refractivity contribution in [3.05, 3.63) is 102 Å². The summed E-state index contributed by atoms with van der Waals surface area (Å²) < 4.78 is 0. The van der Waals surface area contributed by atoms with E-state index in [2.05, 4.69) is 41.3 Å². The number of ketones is 1. The number of Topliss-reactive ketones (excluding diaryl/α,β-unsaturated/α-hetero) is 1. The second-order valence-electron chi connectivity index (χ2n) is 6.87. The van der Waals surface area contributed by atoms with Crippen LogP contribution >= 0.6 is 0 Å².